The molecule has 1 fully saturated rings. The van der Waals surface area contributed by atoms with Gasteiger partial charge in [-0.25, -0.2) is 9.97 Å². The highest BCUT2D eigenvalue weighted by Gasteiger charge is 2.17. The van der Waals surface area contributed by atoms with E-state index in [0.717, 1.165) is 29.5 Å². The first-order valence-corrected chi connectivity index (χ1v) is 9.03. The van der Waals surface area contributed by atoms with Crippen LogP contribution in [0.5, 0.6) is 5.88 Å². The fourth-order valence-electron chi connectivity index (χ4n) is 2.98. The van der Waals surface area contributed by atoms with Gasteiger partial charge < -0.3 is 14.8 Å². The Morgan fingerprint density at radius 1 is 1.30 bits per heavy atom. The molecule has 1 aliphatic heterocycles. The van der Waals surface area contributed by atoms with Gasteiger partial charge in [0.2, 0.25) is 5.88 Å². The maximum atomic E-state index is 9.42. The smallest absolute Gasteiger partial charge is 0.213 e. The van der Waals surface area contributed by atoms with E-state index >= 15 is 0 Å². The Hall–Kier alpha value is -2.88. The van der Waals surface area contributed by atoms with Crippen LogP contribution in [-0.4, -0.2) is 29.3 Å². The lowest BCUT2D eigenvalue weighted by Gasteiger charge is -2.12. The van der Waals surface area contributed by atoms with Crippen molar-refractivity contribution in [3.63, 3.8) is 0 Å². The second-order valence-corrected chi connectivity index (χ2v) is 6.72. The standard InChI is InChI=1S/C20H17ClN4O2/c21-15-1-2-18-17(9-15)14(10-22)8-19(25-18)24-11-13-3-5-23-20(7-13)27-16-4-6-26-12-16/h1-3,5,7-9,16H,4,6,11-12H2,(H,24,25). The molecule has 1 aromatic carbocycles. The Morgan fingerprint density at radius 3 is 3.04 bits per heavy atom. The highest BCUT2D eigenvalue weighted by Crippen LogP contribution is 2.24. The van der Waals surface area contributed by atoms with E-state index in [9.17, 15) is 5.26 Å². The first-order chi connectivity index (χ1) is 13.2. The van der Waals surface area contributed by atoms with Crippen molar-refractivity contribution < 1.29 is 9.47 Å². The highest BCUT2D eigenvalue weighted by molar-refractivity contribution is 6.31. The molecule has 0 amide bonds. The lowest BCUT2D eigenvalue weighted by atomic mass is 10.1. The minimum atomic E-state index is 0.0628. The Labute approximate surface area is 161 Å². The van der Waals surface area contributed by atoms with Crippen LogP contribution < -0.4 is 10.1 Å². The van der Waals surface area contributed by atoms with Crippen molar-refractivity contribution in [3.8, 4) is 11.9 Å². The second-order valence-electron chi connectivity index (χ2n) is 6.29. The molecule has 3 aromatic rings. The summed E-state index contributed by atoms with van der Waals surface area (Å²) in [5.74, 6) is 1.22. The monoisotopic (exact) mass is 380 g/mol. The van der Waals surface area contributed by atoms with E-state index in [4.69, 9.17) is 21.1 Å². The van der Waals surface area contributed by atoms with Crippen LogP contribution in [0.15, 0.2) is 42.6 Å². The molecular formula is C20H17ClN4O2. The van der Waals surface area contributed by atoms with Crippen molar-refractivity contribution in [3.05, 3.63) is 58.7 Å². The third-order valence-corrected chi connectivity index (χ3v) is 4.57. The van der Waals surface area contributed by atoms with Crippen molar-refractivity contribution in [1.29, 1.82) is 5.26 Å². The number of nitriles is 1. The Balaban J connectivity index is 1.50. The topological polar surface area (TPSA) is 80.1 Å². The molecule has 0 saturated carbocycles. The molecule has 1 aliphatic rings. The van der Waals surface area contributed by atoms with Gasteiger partial charge in [-0.3, -0.25) is 0 Å². The first-order valence-electron chi connectivity index (χ1n) is 8.65. The maximum absolute atomic E-state index is 9.42. The molecule has 1 saturated heterocycles. The molecule has 0 aliphatic carbocycles. The third-order valence-electron chi connectivity index (χ3n) is 4.34. The largest absolute Gasteiger partial charge is 0.472 e. The Kier molecular flexibility index (Phi) is 5.05. The zero-order chi connectivity index (χ0) is 18.6. The summed E-state index contributed by atoms with van der Waals surface area (Å²) in [5, 5.41) is 14.0. The molecule has 0 radical (unpaired) electrons. The van der Waals surface area contributed by atoms with E-state index < -0.39 is 0 Å². The summed E-state index contributed by atoms with van der Waals surface area (Å²) in [5.41, 5.74) is 2.27. The van der Waals surface area contributed by atoms with Crippen LogP contribution in [0.25, 0.3) is 10.9 Å². The lowest BCUT2D eigenvalue weighted by molar-refractivity contribution is 0.138. The van der Waals surface area contributed by atoms with Crippen LogP contribution in [0.4, 0.5) is 5.82 Å². The minimum absolute atomic E-state index is 0.0628. The number of rotatable bonds is 5. The van der Waals surface area contributed by atoms with Crippen LogP contribution in [0.1, 0.15) is 17.5 Å². The summed E-state index contributed by atoms with van der Waals surface area (Å²) in [6, 6.07) is 13.1. The van der Waals surface area contributed by atoms with E-state index in [1.165, 1.54) is 0 Å². The number of nitrogens with zero attached hydrogens (tertiary/aromatic N) is 3. The van der Waals surface area contributed by atoms with Gasteiger partial charge in [-0.05, 0) is 35.9 Å². The zero-order valence-corrected chi connectivity index (χ0v) is 15.2. The molecule has 2 aromatic heterocycles. The number of pyridine rings is 2. The number of fused-ring (bicyclic) bond motifs is 1. The van der Waals surface area contributed by atoms with Crippen LogP contribution in [-0.2, 0) is 11.3 Å². The number of anilines is 1. The fourth-order valence-corrected chi connectivity index (χ4v) is 3.15. The molecule has 0 spiro atoms. The lowest BCUT2D eigenvalue weighted by Crippen LogP contribution is -2.16. The summed E-state index contributed by atoms with van der Waals surface area (Å²) >= 11 is 6.03. The van der Waals surface area contributed by atoms with Gasteiger partial charge in [0.05, 0.1) is 30.4 Å². The second kappa shape index (κ2) is 7.78. The molecule has 7 heteroatoms. The normalized spacial score (nSPS) is 16.2. The van der Waals surface area contributed by atoms with Crippen LogP contribution in [0.3, 0.4) is 0 Å². The highest BCUT2D eigenvalue weighted by atomic mass is 35.5. The van der Waals surface area contributed by atoms with E-state index in [2.05, 4.69) is 21.4 Å². The molecular weight excluding hydrogens is 364 g/mol. The number of ether oxygens (including phenoxy) is 2. The molecule has 6 nitrogen and oxygen atoms in total. The molecule has 27 heavy (non-hydrogen) atoms. The summed E-state index contributed by atoms with van der Waals surface area (Å²) in [6.07, 6.45) is 2.66. The van der Waals surface area contributed by atoms with Gasteiger partial charge in [0.15, 0.2) is 0 Å². The number of halogens is 1. The summed E-state index contributed by atoms with van der Waals surface area (Å²) in [6.45, 7) is 1.87. The van der Waals surface area contributed by atoms with Crippen molar-refractivity contribution in [2.24, 2.45) is 0 Å². The van der Waals surface area contributed by atoms with Gasteiger partial charge >= 0.3 is 0 Å². The van der Waals surface area contributed by atoms with E-state index in [0.29, 0.717) is 35.4 Å². The summed E-state index contributed by atoms with van der Waals surface area (Å²) in [7, 11) is 0. The zero-order valence-electron chi connectivity index (χ0n) is 14.5. The van der Waals surface area contributed by atoms with Gasteiger partial charge in [-0.1, -0.05) is 11.6 Å². The number of aromatic nitrogens is 2. The average Bonchev–Trinajstić information content (AvgIpc) is 3.19. The molecule has 3 heterocycles. The number of benzene rings is 1. The number of nitrogens with one attached hydrogen (secondary N) is 1. The summed E-state index contributed by atoms with van der Waals surface area (Å²) in [4.78, 5) is 8.82. The first kappa shape index (κ1) is 17.5. The van der Waals surface area contributed by atoms with Crippen molar-refractivity contribution in [2.75, 3.05) is 18.5 Å². The van der Waals surface area contributed by atoms with Crippen molar-refractivity contribution in [2.45, 2.75) is 19.1 Å². The Bertz CT molecular complexity index is 1010. The SMILES string of the molecule is N#Cc1cc(NCc2ccnc(OC3CCOC3)c2)nc2ccc(Cl)cc12. The molecule has 0 bridgehead atoms. The molecule has 1 N–H and O–H groups in total. The van der Waals surface area contributed by atoms with Crippen LogP contribution >= 0.6 is 11.6 Å². The molecule has 1 unspecified atom stereocenters. The number of hydrogen-bond donors (Lipinski definition) is 1. The van der Waals surface area contributed by atoms with Crippen molar-refractivity contribution in [1.82, 2.24) is 9.97 Å². The number of hydrogen-bond acceptors (Lipinski definition) is 6. The van der Waals surface area contributed by atoms with Gasteiger partial charge in [-0.15, -0.1) is 0 Å². The average molecular weight is 381 g/mol. The molecule has 136 valence electrons. The maximum Gasteiger partial charge on any atom is 0.213 e. The van der Waals surface area contributed by atoms with Gasteiger partial charge in [-0.2, -0.15) is 5.26 Å². The molecule has 1 atom stereocenters. The quantitative estimate of drug-likeness (QED) is 0.722. The predicted octanol–water partition coefficient (Wildman–Crippen LogP) is 3.93. The summed E-state index contributed by atoms with van der Waals surface area (Å²) < 4.78 is 11.2. The van der Waals surface area contributed by atoms with Crippen LogP contribution in [0.2, 0.25) is 5.02 Å². The van der Waals surface area contributed by atoms with E-state index in [1.807, 2.05) is 18.2 Å². The van der Waals surface area contributed by atoms with Crippen LogP contribution in [0, 0.1) is 11.3 Å². The molecule has 4 rings (SSSR count). The van der Waals surface area contributed by atoms with E-state index in [-0.39, 0.29) is 6.10 Å². The Morgan fingerprint density at radius 2 is 2.22 bits per heavy atom. The predicted molar refractivity (Wildman–Crippen MR) is 103 cm³/mol. The van der Waals surface area contributed by atoms with Crippen molar-refractivity contribution >= 4 is 28.3 Å². The van der Waals surface area contributed by atoms with Gasteiger partial charge in [0, 0.05) is 35.6 Å². The fraction of sp³-hybridized carbons (Fsp3) is 0.250. The third kappa shape index (κ3) is 4.11. The van der Waals surface area contributed by atoms with E-state index in [1.54, 1.807) is 24.4 Å². The van der Waals surface area contributed by atoms with Gasteiger partial charge in [0.25, 0.3) is 0 Å². The van der Waals surface area contributed by atoms with Gasteiger partial charge in [0.1, 0.15) is 11.9 Å². The minimum Gasteiger partial charge on any atom is -0.472 e.